The van der Waals surface area contributed by atoms with Crippen molar-refractivity contribution in [2.45, 2.75) is 6.18 Å². The van der Waals surface area contributed by atoms with Crippen molar-refractivity contribution in [2.75, 3.05) is 5.32 Å². The van der Waals surface area contributed by atoms with Gasteiger partial charge in [0.25, 0.3) is 0 Å². The zero-order valence-corrected chi connectivity index (χ0v) is 11.1. The van der Waals surface area contributed by atoms with Gasteiger partial charge < -0.3 is 5.32 Å². The molecular formula is C14H7ClF4N2. The van der Waals surface area contributed by atoms with Crippen LogP contribution in [0.1, 0.15) is 11.1 Å². The van der Waals surface area contributed by atoms with Crippen LogP contribution in [-0.2, 0) is 6.18 Å². The third kappa shape index (κ3) is 3.44. The monoisotopic (exact) mass is 314 g/mol. The first-order valence-electron chi connectivity index (χ1n) is 5.64. The van der Waals surface area contributed by atoms with Gasteiger partial charge in [0.2, 0.25) is 0 Å². The molecule has 0 fully saturated rings. The van der Waals surface area contributed by atoms with Crippen molar-refractivity contribution in [2.24, 2.45) is 0 Å². The molecule has 1 N–H and O–H groups in total. The molecule has 108 valence electrons. The van der Waals surface area contributed by atoms with Crippen molar-refractivity contribution < 1.29 is 17.6 Å². The van der Waals surface area contributed by atoms with E-state index in [0.717, 1.165) is 18.2 Å². The molecule has 2 aromatic rings. The van der Waals surface area contributed by atoms with Gasteiger partial charge in [0.1, 0.15) is 11.9 Å². The van der Waals surface area contributed by atoms with E-state index in [1.165, 1.54) is 18.2 Å². The van der Waals surface area contributed by atoms with E-state index >= 15 is 0 Å². The number of nitrogens with one attached hydrogen (secondary N) is 1. The summed E-state index contributed by atoms with van der Waals surface area (Å²) in [4.78, 5) is 0. The van der Waals surface area contributed by atoms with E-state index < -0.39 is 17.6 Å². The summed E-state index contributed by atoms with van der Waals surface area (Å²) in [7, 11) is 0. The largest absolute Gasteiger partial charge is 0.418 e. The van der Waals surface area contributed by atoms with E-state index in [1.807, 2.05) is 0 Å². The topological polar surface area (TPSA) is 35.8 Å². The minimum absolute atomic E-state index is 0.0566. The van der Waals surface area contributed by atoms with Crippen LogP contribution < -0.4 is 5.32 Å². The van der Waals surface area contributed by atoms with E-state index in [4.69, 9.17) is 16.9 Å². The highest BCUT2D eigenvalue weighted by Crippen LogP contribution is 2.37. The predicted octanol–water partition coefficient (Wildman–Crippen LogP) is 5.11. The minimum atomic E-state index is -4.60. The minimum Gasteiger partial charge on any atom is -0.355 e. The number of benzene rings is 2. The summed E-state index contributed by atoms with van der Waals surface area (Å²) < 4.78 is 52.2. The van der Waals surface area contributed by atoms with Crippen molar-refractivity contribution in [3.8, 4) is 6.07 Å². The highest BCUT2D eigenvalue weighted by atomic mass is 35.5. The van der Waals surface area contributed by atoms with E-state index in [9.17, 15) is 17.6 Å². The molecule has 2 aromatic carbocycles. The van der Waals surface area contributed by atoms with Gasteiger partial charge in [-0.25, -0.2) is 4.39 Å². The van der Waals surface area contributed by atoms with Crippen LogP contribution in [0.5, 0.6) is 0 Å². The Labute approximate surface area is 122 Å². The molecule has 0 atom stereocenters. The van der Waals surface area contributed by atoms with Crippen LogP contribution in [0.3, 0.4) is 0 Å². The number of hydrogen-bond donors (Lipinski definition) is 1. The van der Waals surface area contributed by atoms with E-state index in [1.54, 1.807) is 6.07 Å². The smallest absolute Gasteiger partial charge is 0.355 e. The fourth-order valence-electron chi connectivity index (χ4n) is 1.70. The highest BCUT2D eigenvalue weighted by molar-refractivity contribution is 6.30. The van der Waals surface area contributed by atoms with Crippen LogP contribution in [0.2, 0.25) is 5.02 Å². The number of nitrogens with zero attached hydrogens (tertiary/aromatic N) is 1. The summed E-state index contributed by atoms with van der Waals surface area (Å²) in [5.74, 6) is -0.815. The van der Waals surface area contributed by atoms with E-state index in [-0.39, 0.29) is 22.0 Å². The fraction of sp³-hybridized carbons (Fsp3) is 0.0714. The summed E-state index contributed by atoms with van der Waals surface area (Å²) in [6.07, 6.45) is -4.60. The lowest BCUT2D eigenvalue weighted by Gasteiger charge is -2.15. The molecule has 21 heavy (non-hydrogen) atoms. The van der Waals surface area contributed by atoms with E-state index in [2.05, 4.69) is 5.32 Å². The SMILES string of the molecule is N#Cc1ccc(Nc2ccc(Cl)cc2C(F)(F)F)cc1F. The molecule has 0 radical (unpaired) electrons. The Bertz CT molecular complexity index is 720. The fourth-order valence-corrected chi connectivity index (χ4v) is 1.87. The normalized spacial score (nSPS) is 11.0. The number of alkyl halides is 3. The van der Waals surface area contributed by atoms with Crippen molar-refractivity contribution in [3.05, 3.63) is 58.4 Å². The van der Waals surface area contributed by atoms with Crippen LogP contribution in [0.4, 0.5) is 28.9 Å². The number of anilines is 2. The molecule has 0 aliphatic heterocycles. The first kappa shape index (κ1) is 15.1. The van der Waals surface area contributed by atoms with Gasteiger partial charge in [-0.1, -0.05) is 11.6 Å². The number of halogens is 5. The molecule has 0 aliphatic rings. The molecule has 0 spiro atoms. The molecule has 7 heteroatoms. The van der Waals surface area contributed by atoms with Gasteiger partial charge in [0, 0.05) is 10.7 Å². The Morgan fingerprint density at radius 1 is 1.10 bits per heavy atom. The van der Waals surface area contributed by atoms with Crippen LogP contribution in [0.25, 0.3) is 0 Å². The Hall–Kier alpha value is -2.26. The predicted molar refractivity (Wildman–Crippen MR) is 70.9 cm³/mol. The maximum absolute atomic E-state index is 13.4. The Morgan fingerprint density at radius 2 is 1.81 bits per heavy atom. The molecule has 0 unspecified atom stereocenters. The van der Waals surface area contributed by atoms with E-state index in [0.29, 0.717) is 0 Å². The second kappa shape index (κ2) is 5.62. The zero-order valence-electron chi connectivity index (χ0n) is 10.3. The maximum atomic E-state index is 13.4. The van der Waals surface area contributed by atoms with Crippen molar-refractivity contribution in [3.63, 3.8) is 0 Å². The number of nitriles is 1. The lowest BCUT2D eigenvalue weighted by atomic mass is 10.1. The first-order valence-corrected chi connectivity index (χ1v) is 6.02. The molecule has 0 aliphatic carbocycles. The molecule has 0 aromatic heterocycles. The number of rotatable bonds is 2. The molecule has 2 nitrogen and oxygen atoms in total. The van der Waals surface area contributed by atoms with Crippen LogP contribution in [0, 0.1) is 17.1 Å². The summed E-state index contributed by atoms with van der Waals surface area (Å²) in [5, 5.41) is 11.0. The van der Waals surface area contributed by atoms with Crippen LogP contribution >= 0.6 is 11.6 Å². The van der Waals surface area contributed by atoms with Gasteiger partial charge >= 0.3 is 6.18 Å². The summed E-state index contributed by atoms with van der Waals surface area (Å²) in [5.41, 5.74) is -1.30. The lowest BCUT2D eigenvalue weighted by molar-refractivity contribution is -0.136. The van der Waals surface area contributed by atoms with Gasteiger partial charge in [-0.3, -0.25) is 0 Å². The summed E-state index contributed by atoms with van der Waals surface area (Å²) in [6, 6.07) is 8.30. The zero-order chi connectivity index (χ0) is 15.6. The Balaban J connectivity index is 2.41. The third-order valence-corrected chi connectivity index (χ3v) is 2.89. The molecule has 0 bridgehead atoms. The number of hydrogen-bond acceptors (Lipinski definition) is 2. The molecule has 0 saturated heterocycles. The summed E-state index contributed by atoms with van der Waals surface area (Å²) in [6.45, 7) is 0. The van der Waals surface area contributed by atoms with Crippen LogP contribution in [0.15, 0.2) is 36.4 Å². The van der Waals surface area contributed by atoms with Gasteiger partial charge in [-0.05, 0) is 36.4 Å². The molecule has 0 heterocycles. The van der Waals surface area contributed by atoms with Crippen molar-refractivity contribution in [1.29, 1.82) is 5.26 Å². The molecular weight excluding hydrogens is 308 g/mol. The van der Waals surface area contributed by atoms with Gasteiger partial charge in [-0.15, -0.1) is 0 Å². The molecule has 0 amide bonds. The Morgan fingerprint density at radius 3 is 2.38 bits per heavy atom. The second-order valence-corrected chi connectivity index (χ2v) is 4.56. The third-order valence-electron chi connectivity index (χ3n) is 2.66. The van der Waals surface area contributed by atoms with Crippen molar-refractivity contribution in [1.82, 2.24) is 0 Å². The highest BCUT2D eigenvalue weighted by Gasteiger charge is 2.33. The maximum Gasteiger partial charge on any atom is 0.418 e. The summed E-state index contributed by atoms with van der Waals surface area (Å²) >= 11 is 5.57. The first-order chi connectivity index (χ1) is 9.81. The molecule has 0 saturated carbocycles. The lowest BCUT2D eigenvalue weighted by Crippen LogP contribution is -2.09. The average Bonchev–Trinajstić information content (AvgIpc) is 2.40. The van der Waals surface area contributed by atoms with Crippen molar-refractivity contribution >= 4 is 23.0 Å². The Kier molecular flexibility index (Phi) is 4.05. The molecule has 2 rings (SSSR count). The quantitative estimate of drug-likeness (QED) is 0.782. The van der Waals surface area contributed by atoms with Crippen LogP contribution in [-0.4, -0.2) is 0 Å². The van der Waals surface area contributed by atoms with Gasteiger partial charge in [0.15, 0.2) is 0 Å². The second-order valence-electron chi connectivity index (χ2n) is 4.12. The average molecular weight is 315 g/mol. The standard InChI is InChI=1S/C14H7ClF4N2/c15-9-2-4-13(11(5-9)14(17,18)19)21-10-3-1-8(7-20)12(16)6-10/h1-6,21H. The van der Waals surface area contributed by atoms with Gasteiger partial charge in [-0.2, -0.15) is 18.4 Å². The van der Waals surface area contributed by atoms with Gasteiger partial charge in [0.05, 0.1) is 16.8 Å².